The number of amides is 5. The molecule has 43 heavy (non-hydrogen) atoms. The smallest absolute Gasteiger partial charge is 0.331 e. The molecule has 0 spiro atoms. The van der Waals surface area contributed by atoms with E-state index in [9.17, 15) is 28.8 Å². The zero-order chi connectivity index (χ0) is 32.1. The van der Waals surface area contributed by atoms with Gasteiger partial charge in [-0.05, 0) is 49.4 Å². The minimum absolute atomic E-state index is 0.182. The minimum Gasteiger partial charge on any atom is -0.467 e. The predicted molar refractivity (Wildman–Crippen MR) is 160 cm³/mol. The number of nitrogens with one attached hydrogen (secondary N) is 3. The van der Waals surface area contributed by atoms with E-state index < -0.39 is 75.3 Å². The lowest BCUT2D eigenvalue weighted by atomic mass is 9.80. The molecule has 2 saturated carbocycles. The Morgan fingerprint density at radius 3 is 2.09 bits per heavy atom. The van der Waals surface area contributed by atoms with Gasteiger partial charge in [-0.1, -0.05) is 52.9 Å². The van der Waals surface area contributed by atoms with E-state index >= 15 is 0 Å². The molecule has 14 heteroatoms. The van der Waals surface area contributed by atoms with Crippen LogP contribution in [0.5, 0.6) is 0 Å². The van der Waals surface area contributed by atoms with Crippen molar-refractivity contribution in [2.75, 3.05) is 13.7 Å². The maximum atomic E-state index is 14.1. The number of nitrogens with two attached hydrogens (primary N) is 1. The Kier molecular flexibility index (Phi) is 11.7. The highest BCUT2D eigenvalue weighted by atomic mass is 35.5. The maximum absolute atomic E-state index is 14.1. The standard InChI is InChI=1S/C29H45Cl2N5O7/c1-28(2,3)22(34-27(42)35-29(26(41)43-4)11-5-6-12-29)25(40)36-13-10-17(15-19(30)31)20(36)24(39)33-18(21(37)23(32)38)14-16-8-7-9-16/h16-20,22H,5-15H2,1-4H3,(H2,32,38)(H,33,39)(H2,34,35,42)/t17-,18?,20+,22-/m1/s1. The lowest BCUT2D eigenvalue weighted by molar-refractivity contribution is -0.148. The molecule has 0 aromatic rings. The van der Waals surface area contributed by atoms with Crippen molar-refractivity contribution in [2.24, 2.45) is 23.0 Å². The zero-order valence-corrected chi connectivity index (χ0v) is 26.9. The molecule has 3 fully saturated rings. The molecule has 2 aliphatic carbocycles. The van der Waals surface area contributed by atoms with Crippen LogP contribution < -0.4 is 21.7 Å². The third-order valence-electron chi connectivity index (χ3n) is 9.00. The monoisotopic (exact) mass is 645 g/mol. The van der Waals surface area contributed by atoms with Crippen molar-refractivity contribution in [2.45, 2.75) is 113 Å². The number of halogens is 2. The van der Waals surface area contributed by atoms with Crippen LogP contribution in [0.2, 0.25) is 0 Å². The van der Waals surface area contributed by atoms with Gasteiger partial charge in [0.05, 0.1) is 13.2 Å². The molecule has 1 heterocycles. The molecule has 1 saturated heterocycles. The lowest BCUT2D eigenvalue weighted by Crippen LogP contribution is -2.63. The Labute approximate surface area is 262 Å². The van der Waals surface area contributed by atoms with E-state index in [2.05, 4.69) is 16.0 Å². The van der Waals surface area contributed by atoms with Gasteiger partial charge < -0.3 is 31.3 Å². The summed E-state index contributed by atoms with van der Waals surface area (Å²) >= 11 is 12.2. The van der Waals surface area contributed by atoms with E-state index in [1.165, 1.54) is 12.0 Å². The number of esters is 1. The van der Waals surface area contributed by atoms with E-state index in [1.807, 2.05) is 0 Å². The number of methoxy groups -OCH3 is 1. The number of ketones is 1. The second kappa shape index (κ2) is 14.5. The van der Waals surface area contributed by atoms with Crippen LogP contribution in [-0.4, -0.2) is 82.6 Å². The quantitative estimate of drug-likeness (QED) is 0.143. The van der Waals surface area contributed by atoms with Crippen molar-refractivity contribution < 1.29 is 33.5 Å². The van der Waals surface area contributed by atoms with Gasteiger partial charge in [0.25, 0.3) is 5.91 Å². The number of nitrogens with zero attached hydrogens (tertiary/aromatic N) is 1. The summed E-state index contributed by atoms with van der Waals surface area (Å²) in [5, 5.41) is 8.19. The summed E-state index contributed by atoms with van der Waals surface area (Å²) in [6.45, 7) is 5.51. The van der Waals surface area contributed by atoms with Gasteiger partial charge in [-0.3, -0.25) is 19.2 Å². The van der Waals surface area contributed by atoms with Crippen LogP contribution >= 0.6 is 23.2 Å². The number of hydrogen-bond acceptors (Lipinski definition) is 7. The van der Waals surface area contributed by atoms with Crippen molar-refractivity contribution in [3.8, 4) is 0 Å². The molecular weight excluding hydrogens is 601 g/mol. The highest BCUT2D eigenvalue weighted by molar-refractivity contribution is 6.44. The van der Waals surface area contributed by atoms with Gasteiger partial charge in [-0.15, -0.1) is 23.2 Å². The van der Waals surface area contributed by atoms with Crippen LogP contribution in [0.1, 0.15) is 85.0 Å². The van der Waals surface area contributed by atoms with E-state index in [0.29, 0.717) is 19.3 Å². The number of carbonyl (C=O) groups excluding carboxylic acids is 6. The topological polar surface area (TPSA) is 177 Å². The number of carbonyl (C=O) groups is 6. The van der Waals surface area contributed by atoms with Gasteiger partial charge in [0, 0.05) is 6.54 Å². The van der Waals surface area contributed by atoms with Gasteiger partial charge in [-0.2, -0.15) is 0 Å². The molecule has 5 amide bonds. The molecule has 12 nitrogen and oxygen atoms in total. The number of Topliss-reactive ketones (excluding diaryl/α,β-unsaturated/α-hetero) is 1. The fourth-order valence-corrected chi connectivity index (χ4v) is 6.87. The summed E-state index contributed by atoms with van der Waals surface area (Å²) in [6, 6.07) is -3.95. The number of rotatable bonds is 12. The molecule has 3 rings (SSSR count). The molecule has 242 valence electrons. The summed E-state index contributed by atoms with van der Waals surface area (Å²) < 4.78 is 4.95. The van der Waals surface area contributed by atoms with Crippen molar-refractivity contribution in [3.05, 3.63) is 0 Å². The summed E-state index contributed by atoms with van der Waals surface area (Å²) in [7, 11) is 1.26. The first-order chi connectivity index (χ1) is 20.1. The van der Waals surface area contributed by atoms with Gasteiger partial charge in [0.15, 0.2) is 0 Å². The third kappa shape index (κ3) is 8.53. The van der Waals surface area contributed by atoms with Crippen molar-refractivity contribution in [1.82, 2.24) is 20.9 Å². The Morgan fingerprint density at radius 1 is 0.977 bits per heavy atom. The Morgan fingerprint density at radius 2 is 1.60 bits per heavy atom. The Balaban J connectivity index is 1.85. The van der Waals surface area contributed by atoms with Crippen LogP contribution in [0.4, 0.5) is 4.79 Å². The molecule has 1 aliphatic heterocycles. The number of alkyl halides is 2. The average molecular weight is 647 g/mol. The predicted octanol–water partition coefficient (Wildman–Crippen LogP) is 2.33. The number of primary amides is 1. The summed E-state index contributed by atoms with van der Waals surface area (Å²) in [6.07, 6.45) is 5.98. The lowest BCUT2D eigenvalue weighted by Gasteiger charge is -2.37. The summed E-state index contributed by atoms with van der Waals surface area (Å²) in [4.78, 5) is 78.7. The van der Waals surface area contributed by atoms with E-state index in [0.717, 1.165) is 32.1 Å². The largest absolute Gasteiger partial charge is 0.467 e. The molecule has 0 bridgehead atoms. The number of ether oxygens (including phenoxy) is 1. The Bertz CT molecular complexity index is 1090. The highest BCUT2D eigenvalue weighted by Crippen LogP contribution is 2.35. The molecular formula is C29H45Cl2N5O7. The van der Waals surface area contributed by atoms with Crippen LogP contribution in [0.15, 0.2) is 0 Å². The number of likely N-dealkylation sites (tertiary alicyclic amines) is 1. The van der Waals surface area contributed by atoms with Crippen LogP contribution in [0, 0.1) is 17.3 Å². The van der Waals surface area contributed by atoms with Gasteiger partial charge in [-0.25, -0.2) is 9.59 Å². The molecule has 4 atom stereocenters. The first-order valence-electron chi connectivity index (χ1n) is 15.0. The van der Waals surface area contributed by atoms with Crippen molar-refractivity contribution in [3.63, 3.8) is 0 Å². The number of urea groups is 1. The number of hydrogen-bond donors (Lipinski definition) is 4. The summed E-state index contributed by atoms with van der Waals surface area (Å²) in [5.74, 6) is -3.96. The summed E-state index contributed by atoms with van der Waals surface area (Å²) in [5.41, 5.74) is 3.31. The fraction of sp³-hybridized carbons (Fsp3) is 0.793. The molecule has 0 radical (unpaired) electrons. The highest BCUT2D eigenvalue weighted by Gasteiger charge is 2.49. The fourth-order valence-electron chi connectivity index (χ4n) is 6.41. The van der Waals surface area contributed by atoms with E-state index in [-0.39, 0.29) is 25.3 Å². The molecule has 1 unspecified atom stereocenters. The maximum Gasteiger partial charge on any atom is 0.331 e. The first kappa shape index (κ1) is 34.9. The van der Waals surface area contributed by atoms with E-state index in [1.54, 1.807) is 20.8 Å². The van der Waals surface area contributed by atoms with Crippen LogP contribution in [-0.2, 0) is 28.7 Å². The minimum atomic E-state index is -1.18. The second-order valence-corrected chi connectivity index (χ2v) is 14.4. The van der Waals surface area contributed by atoms with Crippen molar-refractivity contribution >= 4 is 58.7 Å². The normalized spacial score (nSPS) is 23.2. The van der Waals surface area contributed by atoms with Gasteiger partial charge >= 0.3 is 12.0 Å². The van der Waals surface area contributed by atoms with Gasteiger partial charge in [0.2, 0.25) is 17.6 Å². The van der Waals surface area contributed by atoms with Crippen LogP contribution in [0.25, 0.3) is 0 Å². The third-order valence-corrected chi connectivity index (χ3v) is 9.36. The van der Waals surface area contributed by atoms with Crippen LogP contribution in [0.3, 0.4) is 0 Å². The second-order valence-electron chi connectivity index (χ2n) is 13.2. The average Bonchev–Trinajstić information content (AvgIpc) is 3.54. The molecule has 3 aliphatic rings. The van der Waals surface area contributed by atoms with Gasteiger partial charge in [0.1, 0.15) is 22.5 Å². The molecule has 5 N–H and O–H groups in total. The molecule has 0 aromatic carbocycles. The molecule has 0 aromatic heterocycles. The SMILES string of the molecule is COC(=O)C1(NC(=O)N[C@H](C(=O)N2CC[C@H](CC(Cl)Cl)[C@H]2C(=O)NC(CC2CCC2)C(=O)C(N)=O)C(C)(C)C)CCCC1. The first-order valence-corrected chi connectivity index (χ1v) is 15.9. The zero-order valence-electron chi connectivity index (χ0n) is 25.4. The van der Waals surface area contributed by atoms with E-state index in [4.69, 9.17) is 33.7 Å². The van der Waals surface area contributed by atoms with Crippen molar-refractivity contribution in [1.29, 1.82) is 0 Å². The Hall–Kier alpha value is -2.60.